The number of benzene rings is 1. The van der Waals surface area contributed by atoms with Crippen LogP contribution in [0, 0.1) is 0 Å². The Labute approximate surface area is 159 Å². The molecule has 0 aliphatic rings. The summed E-state index contributed by atoms with van der Waals surface area (Å²) in [5.41, 5.74) is -0.553. The van der Waals surface area contributed by atoms with Crippen LogP contribution in [0.5, 0.6) is 0 Å². The molecule has 1 N–H and O–H groups in total. The summed E-state index contributed by atoms with van der Waals surface area (Å²) in [6, 6.07) is 1.54. The summed E-state index contributed by atoms with van der Waals surface area (Å²) < 4.78 is 39.5. The van der Waals surface area contributed by atoms with Crippen LogP contribution in [0.3, 0.4) is 0 Å². The Morgan fingerprint density at radius 3 is 2.25 bits per heavy atom. The highest BCUT2D eigenvalue weighted by atomic mass is 79.9. The number of nitrogens with one attached hydrogen (secondary N) is 1. The van der Waals surface area contributed by atoms with Crippen LogP contribution in [-0.2, 0) is 6.18 Å². The van der Waals surface area contributed by atoms with E-state index in [2.05, 4.69) is 52.0 Å². The van der Waals surface area contributed by atoms with E-state index in [9.17, 15) is 13.2 Å². The second kappa shape index (κ2) is 6.32. The van der Waals surface area contributed by atoms with Gasteiger partial charge in [-0.05, 0) is 44.0 Å². The Balaban J connectivity index is 2.04. The van der Waals surface area contributed by atoms with Crippen molar-refractivity contribution in [3.05, 3.63) is 43.1 Å². The van der Waals surface area contributed by atoms with Crippen LogP contribution in [0.1, 0.15) is 5.56 Å². The summed E-state index contributed by atoms with van der Waals surface area (Å²) in [6.07, 6.45) is -3.18. The van der Waals surface area contributed by atoms with Crippen molar-refractivity contribution >= 4 is 55.1 Å². The molecule has 3 rings (SSSR count). The zero-order chi connectivity index (χ0) is 17.6. The standard InChI is InChI=1S/C12H4Br2Cl2F3N5/c13-9-10(14)22-11(21-9)7-3-20-24(23-7)8-5(15)1-4(2-6(8)16)12(17,18)19/h1-3H,(H,21,22). The summed E-state index contributed by atoms with van der Waals surface area (Å²) in [6.45, 7) is 0. The molecule has 12 heteroatoms. The quantitative estimate of drug-likeness (QED) is 0.500. The maximum atomic E-state index is 12.8. The van der Waals surface area contributed by atoms with Crippen LogP contribution in [0.2, 0.25) is 10.0 Å². The van der Waals surface area contributed by atoms with E-state index < -0.39 is 11.7 Å². The summed E-state index contributed by atoms with van der Waals surface area (Å²) in [5.74, 6) is 0.402. The number of halogens is 7. The van der Waals surface area contributed by atoms with Crippen molar-refractivity contribution in [3.63, 3.8) is 0 Å². The van der Waals surface area contributed by atoms with E-state index in [4.69, 9.17) is 23.2 Å². The maximum Gasteiger partial charge on any atom is 0.416 e. The van der Waals surface area contributed by atoms with Crippen molar-refractivity contribution in [3.8, 4) is 17.2 Å². The van der Waals surface area contributed by atoms with Gasteiger partial charge in [0.05, 0.1) is 21.8 Å². The molecule has 2 heterocycles. The van der Waals surface area contributed by atoms with Crippen molar-refractivity contribution in [1.29, 1.82) is 0 Å². The van der Waals surface area contributed by atoms with E-state index in [1.807, 2.05) is 0 Å². The second-order valence-corrected chi connectivity index (χ2v) is 6.85. The molecule has 24 heavy (non-hydrogen) atoms. The van der Waals surface area contributed by atoms with Crippen LogP contribution in [0.25, 0.3) is 17.2 Å². The van der Waals surface area contributed by atoms with E-state index in [1.54, 1.807) is 0 Å². The number of nitrogens with zero attached hydrogens (tertiary/aromatic N) is 4. The molecule has 0 fully saturated rings. The fourth-order valence-corrected chi connectivity index (χ4v) is 3.04. The third-order valence-electron chi connectivity index (χ3n) is 2.90. The molecule has 1 aromatic carbocycles. The van der Waals surface area contributed by atoms with E-state index in [-0.39, 0.29) is 15.7 Å². The minimum atomic E-state index is -4.55. The monoisotopic (exact) mass is 503 g/mol. The van der Waals surface area contributed by atoms with Gasteiger partial charge in [-0.25, -0.2) is 4.98 Å². The van der Waals surface area contributed by atoms with Gasteiger partial charge in [-0.2, -0.15) is 18.3 Å². The molecular formula is C12H4Br2Cl2F3N5. The molecule has 0 aliphatic heterocycles. The van der Waals surface area contributed by atoms with Gasteiger partial charge in [0.15, 0.2) is 5.82 Å². The molecule has 0 atom stereocenters. The molecule has 2 aromatic heterocycles. The summed E-state index contributed by atoms with van der Waals surface area (Å²) >= 11 is 18.3. The molecule has 0 saturated carbocycles. The number of rotatable bonds is 2. The van der Waals surface area contributed by atoms with Crippen molar-refractivity contribution < 1.29 is 13.2 Å². The van der Waals surface area contributed by atoms with Crippen molar-refractivity contribution in [2.45, 2.75) is 6.18 Å². The molecule has 0 unspecified atom stereocenters. The molecule has 5 nitrogen and oxygen atoms in total. The normalized spacial score (nSPS) is 12.0. The first-order valence-electron chi connectivity index (χ1n) is 6.07. The summed E-state index contributed by atoms with van der Waals surface area (Å²) in [4.78, 5) is 8.12. The average molecular weight is 506 g/mol. The molecule has 0 spiro atoms. The highest BCUT2D eigenvalue weighted by Crippen LogP contribution is 2.37. The molecule has 0 radical (unpaired) electrons. The van der Waals surface area contributed by atoms with Crippen LogP contribution >= 0.6 is 55.1 Å². The van der Waals surface area contributed by atoms with Crippen LogP contribution < -0.4 is 0 Å². The van der Waals surface area contributed by atoms with Gasteiger partial charge >= 0.3 is 6.18 Å². The SMILES string of the molecule is FC(F)(F)c1cc(Cl)c(-n2ncc(-c3nc(Br)c(Br)[nH]3)n2)c(Cl)c1. The number of hydrogen-bond acceptors (Lipinski definition) is 3. The molecule has 0 saturated heterocycles. The highest BCUT2D eigenvalue weighted by Gasteiger charge is 2.32. The van der Waals surface area contributed by atoms with Gasteiger partial charge in [-0.15, -0.1) is 9.90 Å². The molecule has 3 aromatic rings. The summed E-state index contributed by atoms with van der Waals surface area (Å²) in [5, 5.41) is 7.67. The molecular weight excluding hydrogens is 502 g/mol. The fourth-order valence-electron chi connectivity index (χ4n) is 1.85. The van der Waals surface area contributed by atoms with Gasteiger partial charge in [-0.3, -0.25) is 0 Å². The van der Waals surface area contributed by atoms with Crippen LogP contribution in [0.15, 0.2) is 27.5 Å². The third kappa shape index (κ3) is 3.32. The van der Waals surface area contributed by atoms with Gasteiger partial charge in [0.1, 0.15) is 20.6 Å². The zero-order valence-corrected chi connectivity index (χ0v) is 15.9. The average Bonchev–Trinajstić information content (AvgIpc) is 3.05. The Morgan fingerprint density at radius 1 is 1.12 bits per heavy atom. The maximum absolute atomic E-state index is 12.8. The van der Waals surface area contributed by atoms with Gasteiger partial charge in [0, 0.05) is 0 Å². The highest BCUT2D eigenvalue weighted by molar-refractivity contribution is 9.13. The molecule has 0 aliphatic carbocycles. The van der Waals surface area contributed by atoms with Crippen LogP contribution in [0.4, 0.5) is 13.2 Å². The van der Waals surface area contributed by atoms with E-state index in [1.165, 1.54) is 6.20 Å². The predicted molar refractivity (Wildman–Crippen MR) is 89.4 cm³/mol. The number of hydrogen-bond donors (Lipinski definition) is 1. The van der Waals surface area contributed by atoms with Crippen LogP contribution in [-0.4, -0.2) is 25.0 Å². The van der Waals surface area contributed by atoms with E-state index >= 15 is 0 Å². The van der Waals surface area contributed by atoms with Crippen molar-refractivity contribution in [2.24, 2.45) is 0 Å². The Morgan fingerprint density at radius 2 is 1.75 bits per heavy atom. The first kappa shape index (κ1) is 17.7. The van der Waals surface area contributed by atoms with Crippen molar-refractivity contribution in [2.75, 3.05) is 0 Å². The lowest BCUT2D eigenvalue weighted by molar-refractivity contribution is -0.137. The van der Waals surface area contributed by atoms with Crippen molar-refractivity contribution in [1.82, 2.24) is 25.0 Å². The number of alkyl halides is 3. The largest absolute Gasteiger partial charge is 0.416 e. The fraction of sp³-hybridized carbons (Fsp3) is 0.0833. The van der Waals surface area contributed by atoms with Gasteiger partial charge < -0.3 is 4.98 Å². The first-order valence-corrected chi connectivity index (χ1v) is 8.41. The van der Waals surface area contributed by atoms with Gasteiger partial charge in [-0.1, -0.05) is 23.2 Å². The molecule has 126 valence electrons. The molecule has 0 amide bonds. The smallest absolute Gasteiger partial charge is 0.330 e. The molecule has 0 bridgehead atoms. The van der Waals surface area contributed by atoms with E-state index in [0.717, 1.165) is 16.9 Å². The lowest BCUT2D eigenvalue weighted by Crippen LogP contribution is -2.07. The minimum absolute atomic E-state index is 0.0438. The number of aromatic amines is 1. The van der Waals surface area contributed by atoms with E-state index in [0.29, 0.717) is 20.7 Å². The number of imidazole rings is 1. The lowest BCUT2D eigenvalue weighted by Gasteiger charge is -2.11. The zero-order valence-electron chi connectivity index (χ0n) is 11.2. The Hall–Kier alpha value is -1.10. The number of H-pyrrole nitrogens is 1. The number of aromatic nitrogens is 5. The predicted octanol–water partition coefficient (Wildman–Crippen LogP) is 5.51. The Bertz CT molecular complexity index is 879. The topological polar surface area (TPSA) is 59.4 Å². The second-order valence-electron chi connectivity index (χ2n) is 4.50. The van der Waals surface area contributed by atoms with Gasteiger partial charge in [0.25, 0.3) is 0 Å². The lowest BCUT2D eigenvalue weighted by atomic mass is 10.2. The third-order valence-corrected chi connectivity index (χ3v) is 5.15. The van der Waals surface area contributed by atoms with Gasteiger partial charge in [0.2, 0.25) is 0 Å². The first-order chi connectivity index (χ1) is 11.2. The minimum Gasteiger partial charge on any atom is -0.330 e. The summed E-state index contributed by atoms with van der Waals surface area (Å²) in [7, 11) is 0. The Kier molecular flexibility index (Phi) is 4.67.